The van der Waals surface area contributed by atoms with E-state index in [0.717, 1.165) is 39.0 Å². The second-order valence-corrected chi connectivity index (χ2v) is 7.37. The lowest BCUT2D eigenvalue weighted by Crippen LogP contribution is -2.48. The van der Waals surface area contributed by atoms with E-state index in [0.29, 0.717) is 25.0 Å². The van der Waals surface area contributed by atoms with Gasteiger partial charge in [-0.3, -0.25) is 9.59 Å². The molecule has 3 fully saturated rings. The van der Waals surface area contributed by atoms with Crippen molar-refractivity contribution in [2.24, 2.45) is 17.8 Å². The highest BCUT2D eigenvalue weighted by Gasteiger charge is 2.34. The fourth-order valence-electron chi connectivity index (χ4n) is 4.34. The van der Waals surface area contributed by atoms with E-state index in [-0.39, 0.29) is 17.7 Å². The van der Waals surface area contributed by atoms with Crippen LogP contribution in [0.15, 0.2) is 0 Å². The molecule has 0 spiro atoms. The molecule has 0 aromatic carbocycles. The Hall–Kier alpha value is -1.10. The van der Waals surface area contributed by atoms with Crippen LogP contribution in [-0.4, -0.2) is 61.0 Å². The molecule has 1 saturated carbocycles. The molecule has 1 atom stereocenters. The molecule has 0 aromatic rings. The molecule has 5 nitrogen and oxygen atoms in total. The van der Waals surface area contributed by atoms with Crippen LogP contribution in [0.1, 0.15) is 45.4 Å². The van der Waals surface area contributed by atoms with Crippen molar-refractivity contribution in [3.05, 3.63) is 0 Å². The average Bonchev–Trinajstić information content (AvgIpc) is 3.15. The molecule has 130 valence electrons. The first-order valence-corrected chi connectivity index (χ1v) is 9.32. The van der Waals surface area contributed by atoms with Gasteiger partial charge in [0.15, 0.2) is 0 Å². The third kappa shape index (κ3) is 3.87. The molecule has 0 bridgehead atoms. The molecule has 2 saturated heterocycles. The number of hydrogen-bond acceptors (Lipinski definition) is 3. The summed E-state index contributed by atoms with van der Waals surface area (Å²) in [7, 11) is 0. The number of piperidine rings is 1. The Morgan fingerprint density at radius 1 is 0.913 bits per heavy atom. The Labute approximate surface area is 139 Å². The SMILES string of the molecule is CC(C(=O)N1CCC(C(=O)N2CCOCC2)CC1)C1CCCC1. The minimum absolute atomic E-state index is 0.0962. The van der Waals surface area contributed by atoms with Crippen molar-refractivity contribution in [2.45, 2.75) is 45.4 Å². The van der Waals surface area contributed by atoms with Gasteiger partial charge < -0.3 is 14.5 Å². The third-order valence-electron chi connectivity index (χ3n) is 5.98. The number of likely N-dealkylation sites (tertiary alicyclic amines) is 1. The maximum Gasteiger partial charge on any atom is 0.225 e. The summed E-state index contributed by atoms with van der Waals surface area (Å²) in [6.45, 7) is 6.34. The predicted octanol–water partition coefficient (Wildman–Crippen LogP) is 1.91. The second kappa shape index (κ2) is 7.65. The van der Waals surface area contributed by atoms with Gasteiger partial charge in [-0.1, -0.05) is 19.8 Å². The van der Waals surface area contributed by atoms with Crippen molar-refractivity contribution in [1.82, 2.24) is 9.80 Å². The molecule has 3 aliphatic rings. The molecule has 0 radical (unpaired) electrons. The van der Waals surface area contributed by atoms with Crippen molar-refractivity contribution < 1.29 is 14.3 Å². The lowest BCUT2D eigenvalue weighted by atomic mass is 9.89. The van der Waals surface area contributed by atoms with Crippen LogP contribution in [0.4, 0.5) is 0 Å². The number of nitrogens with zero attached hydrogens (tertiary/aromatic N) is 2. The Morgan fingerprint density at radius 2 is 1.52 bits per heavy atom. The number of amides is 2. The van der Waals surface area contributed by atoms with Gasteiger partial charge in [-0.2, -0.15) is 0 Å². The van der Waals surface area contributed by atoms with E-state index in [2.05, 4.69) is 6.92 Å². The summed E-state index contributed by atoms with van der Waals surface area (Å²) in [6, 6.07) is 0. The first-order valence-electron chi connectivity index (χ1n) is 9.32. The molecule has 23 heavy (non-hydrogen) atoms. The Kier molecular flexibility index (Phi) is 5.57. The molecule has 0 aromatic heterocycles. The Morgan fingerprint density at radius 3 is 2.13 bits per heavy atom. The van der Waals surface area contributed by atoms with Gasteiger partial charge in [0.2, 0.25) is 11.8 Å². The molecule has 3 rings (SSSR count). The number of carbonyl (C=O) groups excluding carboxylic acids is 2. The largest absolute Gasteiger partial charge is 0.378 e. The van der Waals surface area contributed by atoms with E-state index in [9.17, 15) is 9.59 Å². The summed E-state index contributed by atoms with van der Waals surface area (Å²) in [5, 5.41) is 0. The van der Waals surface area contributed by atoms with Crippen molar-refractivity contribution in [1.29, 1.82) is 0 Å². The number of carbonyl (C=O) groups is 2. The summed E-state index contributed by atoms with van der Waals surface area (Å²) in [6.07, 6.45) is 6.60. The van der Waals surface area contributed by atoms with Crippen LogP contribution in [0.5, 0.6) is 0 Å². The molecular formula is C18H30N2O3. The lowest BCUT2D eigenvalue weighted by Gasteiger charge is -2.37. The second-order valence-electron chi connectivity index (χ2n) is 7.37. The van der Waals surface area contributed by atoms with E-state index >= 15 is 0 Å². The highest BCUT2D eigenvalue weighted by atomic mass is 16.5. The van der Waals surface area contributed by atoms with Crippen molar-refractivity contribution in [3.63, 3.8) is 0 Å². The van der Waals surface area contributed by atoms with Gasteiger partial charge in [0.25, 0.3) is 0 Å². The van der Waals surface area contributed by atoms with Gasteiger partial charge in [0.05, 0.1) is 13.2 Å². The van der Waals surface area contributed by atoms with Gasteiger partial charge >= 0.3 is 0 Å². The van der Waals surface area contributed by atoms with Crippen LogP contribution in [0.25, 0.3) is 0 Å². The van der Waals surface area contributed by atoms with Crippen molar-refractivity contribution >= 4 is 11.8 Å². The molecule has 2 amide bonds. The monoisotopic (exact) mass is 322 g/mol. The standard InChI is InChI=1S/C18H30N2O3/c1-14(15-4-2-3-5-15)17(21)19-8-6-16(7-9-19)18(22)20-10-12-23-13-11-20/h14-16H,2-13H2,1H3. The molecule has 1 unspecified atom stereocenters. The minimum Gasteiger partial charge on any atom is -0.378 e. The Bertz CT molecular complexity index is 420. The molecule has 0 N–H and O–H groups in total. The number of ether oxygens (including phenoxy) is 1. The zero-order valence-electron chi connectivity index (χ0n) is 14.3. The predicted molar refractivity (Wildman–Crippen MR) is 87.8 cm³/mol. The van der Waals surface area contributed by atoms with Gasteiger partial charge in [0, 0.05) is 38.0 Å². The maximum atomic E-state index is 12.7. The van der Waals surface area contributed by atoms with Crippen molar-refractivity contribution in [3.8, 4) is 0 Å². The number of hydrogen-bond donors (Lipinski definition) is 0. The van der Waals surface area contributed by atoms with Crippen LogP contribution in [0, 0.1) is 17.8 Å². The van der Waals surface area contributed by atoms with Crippen LogP contribution in [0.2, 0.25) is 0 Å². The molecule has 2 aliphatic heterocycles. The van der Waals surface area contributed by atoms with E-state index in [4.69, 9.17) is 4.74 Å². The van der Waals surface area contributed by atoms with Gasteiger partial charge in [0.1, 0.15) is 0 Å². The maximum absolute atomic E-state index is 12.7. The number of morpholine rings is 1. The molecular weight excluding hydrogens is 292 g/mol. The average molecular weight is 322 g/mol. The van der Waals surface area contributed by atoms with Gasteiger partial charge in [-0.25, -0.2) is 0 Å². The van der Waals surface area contributed by atoms with E-state index < -0.39 is 0 Å². The van der Waals surface area contributed by atoms with E-state index in [1.165, 1.54) is 25.7 Å². The van der Waals surface area contributed by atoms with Crippen LogP contribution in [0.3, 0.4) is 0 Å². The topological polar surface area (TPSA) is 49.9 Å². The lowest BCUT2D eigenvalue weighted by molar-refractivity contribution is -0.145. The van der Waals surface area contributed by atoms with Crippen LogP contribution < -0.4 is 0 Å². The fourth-order valence-corrected chi connectivity index (χ4v) is 4.34. The van der Waals surface area contributed by atoms with Gasteiger partial charge in [-0.05, 0) is 31.6 Å². The first kappa shape index (κ1) is 16.7. The van der Waals surface area contributed by atoms with Crippen molar-refractivity contribution in [2.75, 3.05) is 39.4 Å². The van der Waals surface area contributed by atoms with E-state index in [1.807, 2.05) is 9.80 Å². The van der Waals surface area contributed by atoms with Crippen LogP contribution in [-0.2, 0) is 14.3 Å². The number of rotatable bonds is 3. The highest BCUT2D eigenvalue weighted by molar-refractivity contribution is 5.81. The smallest absolute Gasteiger partial charge is 0.225 e. The zero-order valence-corrected chi connectivity index (χ0v) is 14.3. The zero-order chi connectivity index (χ0) is 16.2. The highest BCUT2D eigenvalue weighted by Crippen LogP contribution is 2.33. The first-order chi connectivity index (χ1) is 11.2. The fraction of sp³-hybridized carbons (Fsp3) is 0.889. The van der Waals surface area contributed by atoms with E-state index in [1.54, 1.807) is 0 Å². The normalized spacial score (nSPS) is 25.6. The molecule has 2 heterocycles. The Balaban J connectivity index is 1.47. The summed E-state index contributed by atoms with van der Waals surface area (Å²) < 4.78 is 5.31. The van der Waals surface area contributed by atoms with Gasteiger partial charge in [-0.15, -0.1) is 0 Å². The third-order valence-corrected chi connectivity index (χ3v) is 5.98. The summed E-state index contributed by atoms with van der Waals surface area (Å²) in [4.78, 5) is 29.2. The van der Waals surface area contributed by atoms with Crippen LogP contribution >= 0.6 is 0 Å². The summed E-state index contributed by atoms with van der Waals surface area (Å²) >= 11 is 0. The molecule has 1 aliphatic carbocycles. The molecule has 5 heteroatoms. The minimum atomic E-state index is 0.0962. The summed E-state index contributed by atoms with van der Waals surface area (Å²) in [5.41, 5.74) is 0. The summed E-state index contributed by atoms with van der Waals surface area (Å²) in [5.74, 6) is 1.41. The quantitative estimate of drug-likeness (QED) is 0.797.